The van der Waals surface area contributed by atoms with Crippen molar-refractivity contribution in [3.05, 3.63) is 58.6 Å². The normalized spacial score (nSPS) is 10.4. The first-order chi connectivity index (χ1) is 13.6. The van der Waals surface area contributed by atoms with Gasteiger partial charge in [0.05, 0.1) is 39.2 Å². The smallest absolute Gasteiger partial charge is 0.151 e. The number of rotatable bonds is 4. The summed E-state index contributed by atoms with van der Waals surface area (Å²) < 4.78 is 0.808. The van der Waals surface area contributed by atoms with Crippen LogP contribution in [0, 0.1) is 18.3 Å². The maximum atomic E-state index is 9.41. The van der Waals surface area contributed by atoms with Crippen molar-refractivity contribution in [2.75, 3.05) is 5.32 Å². The van der Waals surface area contributed by atoms with E-state index in [0.29, 0.717) is 44.3 Å². The second-order valence-corrected chi connectivity index (χ2v) is 7.28. The number of pyridine rings is 1. The highest BCUT2D eigenvalue weighted by Crippen LogP contribution is 2.38. The molecule has 1 aromatic carbocycles. The van der Waals surface area contributed by atoms with Gasteiger partial charge in [-0.3, -0.25) is 0 Å². The molecule has 146 valence electrons. The average molecular weight is 445 g/mol. The number of aliphatic hydroxyl groups is 1. The summed E-state index contributed by atoms with van der Waals surface area (Å²) in [6.45, 7) is 1.58. The molecule has 0 saturated carbocycles. The third-order valence-corrected chi connectivity index (χ3v) is 5.36. The molecule has 29 heavy (non-hydrogen) atoms. The van der Waals surface area contributed by atoms with Crippen LogP contribution >= 0.6 is 35.3 Å². The number of aryl methyl sites for hydroxylation is 1. The zero-order valence-corrected chi connectivity index (χ0v) is 17.4. The molecule has 7 nitrogen and oxygen atoms in total. The number of nitrogens with zero attached hydrogens (tertiary/aromatic N) is 5. The monoisotopic (exact) mass is 444 g/mol. The number of benzene rings is 1. The van der Waals surface area contributed by atoms with Crippen LogP contribution in [0.3, 0.4) is 0 Å². The molecule has 4 rings (SSSR count). The average Bonchev–Trinajstić information content (AvgIpc) is 3.12. The molecule has 0 bridgehead atoms. The molecule has 10 heteroatoms. The molecule has 0 aliphatic rings. The van der Waals surface area contributed by atoms with Crippen LogP contribution in [-0.2, 0) is 6.61 Å². The fourth-order valence-electron chi connectivity index (χ4n) is 2.78. The Kier molecular flexibility index (Phi) is 6.25. The van der Waals surface area contributed by atoms with E-state index in [-0.39, 0.29) is 19.0 Å². The number of fused-ring (bicyclic) bond motifs is 1. The number of hydrogen-bond acceptors (Lipinski definition) is 8. The first-order valence-electron chi connectivity index (χ1n) is 8.26. The number of aromatic nitrogens is 4. The van der Waals surface area contributed by atoms with Gasteiger partial charge in [-0.05, 0) is 25.1 Å². The van der Waals surface area contributed by atoms with E-state index < -0.39 is 0 Å². The van der Waals surface area contributed by atoms with Gasteiger partial charge in [0, 0.05) is 17.8 Å². The molecule has 3 aromatic heterocycles. The molecule has 0 unspecified atom stereocenters. The lowest BCUT2D eigenvalue weighted by Crippen LogP contribution is -2.02. The Balaban J connectivity index is 0.00000240. The van der Waals surface area contributed by atoms with Crippen molar-refractivity contribution < 1.29 is 5.11 Å². The van der Waals surface area contributed by atoms with Crippen molar-refractivity contribution in [2.24, 2.45) is 0 Å². The van der Waals surface area contributed by atoms with Crippen molar-refractivity contribution in [2.45, 2.75) is 13.5 Å². The second-order valence-electron chi connectivity index (χ2n) is 5.88. The largest absolute Gasteiger partial charge is 0.390 e. The zero-order chi connectivity index (χ0) is 19.7. The van der Waals surface area contributed by atoms with Crippen LogP contribution in [0.1, 0.15) is 17.1 Å². The third kappa shape index (κ3) is 4.13. The molecule has 0 aliphatic heterocycles. The first kappa shape index (κ1) is 20.9. The quantitative estimate of drug-likeness (QED) is 0.471. The lowest BCUT2D eigenvalue weighted by atomic mass is 10.1. The minimum absolute atomic E-state index is 0. The topological polar surface area (TPSA) is 108 Å². The van der Waals surface area contributed by atoms with E-state index >= 15 is 0 Å². The number of thiazole rings is 1. The number of nitriles is 1. The van der Waals surface area contributed by atoms with Crippen LogP contribution < -0.4 is 5.32 Å². The Morgan fingerprint density at radius 3 is 2.83 bits per heavy atom. The van der Waals surface area contributed by atoms with Crippen LogP contribution in [0.5, 0.6) is 0 Å². The van der Waals surface area contributed by atoms with E-state index in [4.69, 9.17) is 11.6 Å². The maximum absolute atomic E-state index is 9.41. The maximum Gasteiger partial charge on any atom is 0.151 e. The van der Waals surface area contributed by atoms with E-state index in [1.165, 1.54) is 11.3 Å². The van der Waals surface area contributed by atoms with E-state index in [9.17, 15) is 10.4 Å². The van der Waals surface area contributed by atoms with Crippen LogP contribution in [0.25, 0.3) is 20.8 Å². The Labute approximate surface area is 181 Å². The standard InChI is InChI=1S/C19H13ClN6OS.ClH/c1-10-23-12(9-27)7-15(24-10)26-18-17-14(5-6-22-18)25-19(28-17)16-11(8-21)3-2-4-13(16)20;/h2-7,27H,9H2,1H3,(H,22,23,24,26);1H. The molecule has 0 saturated heterocycles. The Morgan fingerprint density at radius 1 is 1.24 bits per heavy atom. The lowest BCUT2D eigenvalue weighted by molar-refractivity contribution is 0.276. The lowest BCUT2D eigenvalue weighted by Gasteiger charge is -2.07. The van der Waals surface area contributed by atoms with E-state index in [1.807, 2.05) is 0 Å². The summed E-state index contributed by atoms with van der Waals surface area (Å²) in [4.78, 5) is 17.5. The van der Waals surface area contributed by atoms with Crippen molar-refractivity contribution in [1.82, 2.24) is 19.9 Å². The van der Waals surface area contributed by atoms with Gasteiger partial charge in [0.2, 0.25) is 0 Å². The number of nitrogens with one attached hydrogen (secondary N) is 1. The predicted octanol–water partition coefficient (Wildman–Crippen LogP) is 4.64. The van der Waals surface area contributed by atoms with Crippen molar-refractivity contribution >= 4 is 57.2 Å². The van der Waals surface area contributed by atoms with Gasteiger partial charge in [0.25, 0.3) is 0 Å². The van der Waals surface area contributed by atoms with Crippen molar-refractivity contribution in [3.8, 4) is 16.6 Å². The molecule has 2 N–H and O–H groups in total. The first-order valence-corrected chi connectivity index (χ1v) is 9.45. The predicted molar refractivity (Wildman–Crippen MR) is 116 cm³/mol. The summed E-state index contributed by atoms with van der Waals surface area (Å²) in [6, 6.07) is 10.8. The second kappa shape index (κ2) is 8.68. The number of aliphatic hydroxyl groups excluding tert-OH is 1. The van der Waals surface area contributed by atoms with E-state index in [0.717, 1.165) is 10.2 Å². The van der Waals surface area contributed by atoms with Crippen LogP contribution in [0.2, 0.25) is 5.02 Å². The summed E-state index contributed by atoms with van der Waals surface area (Å²) in [5.41, 5.74) is 2.32. The van der Waals surface area contributed by atoms with Crippen molar-refractivity contribution in [1.29, 1.82) is 5.26 Å². The number of halogens is 2. The molecule has 3 heterocycles. The van der Waals surface area contributed by atoms with Gasteiger partial charge in [-0.25, -0.2) is 19.9 Å². The van der Waals surface area contributed by atoms with Gasteiger partial charge in [0.15, 0.2) is 5.82 Å². The van der Waals surface area contributed by atoms with Gasteiger partial charge < -0.3 is 10.4 Å². The fourth-order valence-corrected chi connectivity index (χ4v) is 4.18. The Bertz CT molecular complexity index is 1240. The molecule has 0 spiro atoms. The Hall–Kier alpha value is -2.83. The van der Waals surface area contributed by atoms with Gasteiger partial charge in [-0.2, -0.15) is 5.26 Å². The molecular weight excluding hydrogens is 431 g/mol. The van der Waals surface area contributed by atoms with E-state index in [1.54, 1.807) is 43.5 Å². The molecule has 0 amide bonds. The zero-order valence-electron chi connectivity index (χ0n) is 15.0. The third-order valence-electron chi connectivity index (χ3n) is 3.95. The minimum Gasteiger partial charge on any atom is -0.390 e. The van der Waals surface area contributed by atoms with Gasteiger partial charge in [-0.1, -0.05) is 17.7 Å². The highest BCUT2D eigenvalue weighted by molar-refractivity contribution is 7.22. The van der Waals surface area contributed by atoms with Gasteiger partial charge in [-0.15, -0.1) is 23.7 Å². The van der Waals surface area contributed by atoms with Crippen LogP contribution in [0.15, 0.2) is 36.5 Å². The molecule has 0 radical (unpaired) electrons. The summed E-state index contributed by atoms with van der Waals surface area (Å²) >= 11 is 7.72. The molecule has 0 atom stereocenters. The van der Waals surface area contributed by atoms with Crippen molar-refractivity contribution in [3.63, 3.8) is 0 Å². The highest BCUT2D eigenvalue weighted by Gasteiger charge is 2.17. The van der Waals surface area contributed by atoms with Gasteiger partial charge >= 0.3 is 0 Å². The molecular formula is C19H14Cl2N6OS. The summed E-state index contributed by atoms with van der Waals surface area (Å²) in [5, 5.41) is 23.0. The van der Waals surface area contributed by atoms with Crippen LogP contribution in [-0.4, -0.2) is 25.0 Å². The van der Waals surface area contributed by atoms with Crippen LogP contribution in [0.4, 0.5) is 11.6 Å². The molecule has 0 fully saturated rings. The number of hydrogen-bond donors (Lipinski definition) is 2. The number of anilines is 2. The molecule has 4 aromatic rings. The Morgan fingerprint density at radius 2 is 2.07 bits per heavy atom. The van der Waals surface area contributed by atoms with E-state index in [2.05, 4.69) is 31.3 Å². The summed E-state index contributed by atoms with van der Waals surface area (Å²) in [7, 11) is 0. The highest BCUT2D eigenvalue weighted by atomic mass is 35.5. The SMILES string of the molecule is Cc1nc(CO)cc(Nc2nccc3nc(-c4c(Cl)cccc4C#N)sc23)n1.Cl. The fraction of sp³-hybridized carbons (Fsp3) is 0.105. The minimum atomic E-state index is -0.177. The molecule has 0 aliphatic carbocycles. The summed E-state index contributed by atoms with van der Waals surface area (Å²) in [5.74, 6) is 1.65. The van der Waals surface area contributed by atoms with Gasteiger partial charge in [0.1, 0.15) is 16.6 Å². The summed E-state index contributed by atoms with van der Waals surface area (Å²) in [6.07, 6.45) is 1.65.